The summed E-state index contributed by atoms with van der Waals surface area (Å²) in [5.74, 6) is 0.446. The van der Waals surface area contributed by atoms with Gasteiger partial charge in [-0.25, -0.2) is 13.4 Å². The van der Waals surface area contributed by atoms with E-state index in [4.69, 9.17) is 16.3 Å². The van der Waals surface area contributed by atoms with Gasteiger partial charge in [0.25, 0.3) is 0 Å². The summed E-state index contributed by atoms with van der Waals surface area (Å²) >= 11 is 5.71. The van der Waals surface area contributed by atoms with E-state index in [2.05, 4.69) is 4.98 Å². The van der Waals surface area contributed by atoms with Gasteiger partial charge in [0.15, 0.2) is 0 Å². The van der Waals surface area contributed by atoms with Crippen molar-refractivity contribution in [3.8, 4) is 0 Å². The Hall–Kier alpha value is -0.690. The second kappa shape index (κ2) is 6.39. The first-order valence-electron chi connectivity index (χ1n) is 6.59. The van der Waals surface area contributed by atoms with Gasteiger partial charge >= 0.3 is 0 Å². The summed E-state index contributed by atoms with van der Waals surface area (Å²) in [6.45, 7) is 2.67. The molecule has 20 heavy (non-hydrogen) atoms. The lowest BCUT2D eigenvalue weighted by Gasteiger charge is -2.28. The lowest BCUT2D eigenvalue weighted by atomic mass is 10.2. The quantitative estimate of drug-likeness (QED) is 0.723. The third kappa shape index (κ3) is 3.49. The molecule has 2 rings (SSSR count). The molecule has 1 heterocycles. The van der Waals surface area contributed by atoms with Crippen molar-refractivity contribution in [3.63, 3.8) is 0 Å². The molecule has 1 fully saturated rings. The maximum atomic E-state index is 12.7. The van der Waals surface area contributed by atoms with Crippen LogP contribution in [0.15, 0.2) is 23.2 Å². The van der Waals surface area contributed by atoms with E-state index in [1.54, 1.807) is 7.11 Å². The van der Waals surface area contributed by atoms with Crippen LogP contribution in [-0.4, -0.2) is 44.0 Å². The molecule has 1 aromatic heterocycles. The second-order valence-electron chi connectivity index (χ2n) is 5.00. The number of methoxy groups -OCH3 is 1. The average molecular weight is 319 g/mol. The molecule has 1 aromatic rings. The highest BCUT2D eigenvalue weighted by molar-refractivity contribution is 7.89. The van der Waals surface area contributed by atoms with Gasteiger partial charge in [0.1, 0.15) is 10.0 Å². The molecule has 0 spiro atoms. The van der Waals surface area contributed by atoms with Crippen LogP contribution in [0.5, 0.6) is 0 Å². The molecular formula is C13H19ClN2O3S. The molecule has 0 saturated heterocycles. The molecule has 1 atom stereocenters. The molecule has 0 N–H and O–H groups in total. The molecule has 112 valence electrons. The van der Waals surface area contributed by atoms with Crippen molar-refractivity contribution in [1.29, 1.82) is 0 Å². The maximum absolute atomic E-state index is 12.7. The predicted molar refractivity (Wildman–Crippen MR) is 77.2 cm³/mol. The molecule has 0 bridgehead atoms. The van der Waals surface area contributed by atoms with Crippen molar-refractivity contribution in [2.24, 2.45) is 5.92 Å². The van der Waals surface area contributed by atoms with E-state index in [-0.39, 0.29) is 16.1 Å². The molecule has 7 heteroatoms. The summed E-state index contributed by atoms with van der Waals surface area (Å²) in [5, 5.41) is 0.280. The van der Waals surface area contributed by atoms with Crippen molar-refractivity contribution < 1.29 is 13.2 Å². The van der Waals surface area contributed by atoms with Gasteiger partial charge in [0.05, 0.1) is 6.61 Å². The van der Waals surface area contributed by atoms with E-state index in [0.717, 1.165) is 12.8 Å². The minimum Gasteiger partial charge on any atom is -0.383 e. The van der Waals surface area contributed by atoms with E-state index in [0.29, 0.717) is 19.1 Å². The number of nitrogens with zero attached hydrogens (tertiary/aromatic N) is 2. The summed E-state index contributed by atoms with van der Waals surface area (Å²) in [6, 6.07) is 2.96. The van der Waals surface area contributed by atoms with Crippen molar-refractivity contribution in [3.05, 3.63) is 23.5 Å². The minimum absolute atomic E-state index is 0.0224. The third-order valence-electron chi connectivity index (χ3n) is 3.58. The fourth-order valence-corrected chi connectivity index (χ4v) is 3.92. The Morgan fingerprint density at radius 3 is 2.70 bits per heavy atom. The SMILES string of the molecule is COCCN(C(C)C1CC1)S(=O)(=O)c1ccc(Cl)nc1. The van der Waals surface area contributed by atoms with E-state index in [9.17, 15) is 8.42 Å². The Morgan fingerprint density at radius 2 is 2.20 bits per heavy atom. The van der Waals surface area contributed by atoms with Crippen LogP contribution < -0.4 is 0 Å². The number of sulfonamides is 1. The van der Waals surface area contributed by atoms with Gasteiger partial charge in [0, 0.05) is 25.9 Å². The summed E-state index contributed by atoms with van der Waals surface area (Å²) in [5.41, 5.74) is 0. The van der Waals surface area contributed by atoms with E-state index < -0.39 is 10.0 Å². The zero-order chi connectivity index (χ0) is 14.8. The normalized spacial score (nSPS) is 17.4. The zero-order valence-corrected chi connectivity index (χ0v) is 13.2. The van der Waals surface area contributed by atoms with Crippen molar-refractivity contribution >= 4 is 21.6 Å². The first-order chi connectivity index (χ1) is 9.46. The summed E-state index contributed by atoms with van der Waals surface area (Å²) in [6.07, 6.45) is 3.47. The first kappa shape index (κ1) is 15.7. The number of pyridine rings is 1. The maximum Gasteiger partial charge on any atom is 0.244 e. The molecule has 1 unspecified atom stereocenters. The zero-order valence-electron chi connectivity index (χ0n) is 11.6. The lowest BCUT2D eigenvalue weighted by molar-refractivity contribution is 0.164. The Kier molecular flexibility index (Phi) is 5.01. The number of halogens is 1. The van der Waals surface area contributed by atoms with Crippen LogP contribution in [0.25, 0.3) is 0 Å². The Balaban J connectivity index is 2.27. The highest BCUT2D eigenvalue weighted by Gasteiger charge is 2.38. The van der Waals surface area contributed by atoms with Crippen LogP contribution in [-0.2, 0) is 14.8 Å². The number of hydrogen-bond donors (Lipinski definition) is 0. The van der Waals surface area contributed by atoms with Gasteiger partial charge in [0.2, 0.25) is 10.0 Å². The lowest BCUT2D eigenvalue weighted by Crippen LogP contribution is -2.41. The van der Waals surface area contributed by atoms with E-state index >= 15 is 0 Å². The van der Waals surface area contributed by atoms with Gasteiger partial charge in [-0.05, 0) is 37.8 Å². The van der Waals surface area contributed by atoms with Gasteiger partial charge < -0.3 is 4.74 Å². The van der Waals surface area contributed by atoms with Gasteiger partial charge in [-0.3, -0.25) is 0 Å². The standard InChI is InChI=1S/C13H19ClN2O3S/c1-10(11-3-4-11)16(7-8-19-2)20(17,18)12-5-6-13(14)15-9-12/h5-6,9-11H,3-4,7-8H2,1-2H3. The van der Waals surface area contributed by atoms with Crippen LogP contribution in [0.3, 0.4) is 0 Å². The first-order valence-corrected chi connectivity index (χ1v) is 8.41. The molecule has 5 nitrogen and oxygen atoms in total. The number of ether oxygens (including phenoxy) is 1. The Morgan fingerprint density at radius 1 is 1.50 bits per heavy atom. The minimum atomic E-state index is -3.56. The Labute approximate surface area is 125 Å². The fourth-order valence-electron chi connectivity index (χ4n) is 2.19. The molecule has 0 aromatic carbocycles. The van der Waals surface area contributed by atoms with Crippen molar-refractivity contribution in [1.82, 2.24) is 9.29 Å². The van der Waals surface area contributed by atoms with E-state index in [1.807, 2.05) is 6.92 Å². The molecule has 0 aliphatic heterocycles. The highest BCUT2D eigenvalue weighted by Crippen LogP contribution is 2.37. The molecule has 0 amide bonds. The molecule has 0 radical (unpaired) electrons. The average Bonchev–Trinajstić information content (AvgIpc) is 3.23. The largest absolute Gasteiger partial charge is 0.383 e. The summed E-state index contributed by atoms with van der Waals surface area (Å²) in [4.78, 5) is 4.03. The monoisotopic (exact) mass is 318 g/mol. The Bertz CT molecular complexity index is 543. The number of rotatable bonds is 7. The van der Waals surface area contributed by atoms with Crippen LogP contribution in [0.1, 0.15) is 19.8 Å². The second-order valence-corrected chi connectivity index (χ2v) is 7.28. The van der Waals surface area contributed by atoms with Crippen LogP contribution in [0, 0.1) is 5.92 Å². The molecule has 1 saturated carbocycles. The van der Waals surface area contributed by atoms with Crippen molar-refractivity contribution in [2.45, 2.75) is 30.7 Å². The van der Waals surface area contributed by atoms with Crippen LogP contribution in [0.4, 0.5) is 0 Å². The summed E-state index contributed by atoms with van der Waals surface area (Å²) in [7, 11) is -2.00. The van der Waals surface area contributed by atoms with Crippen LogP contribution in [0.2, 0.25) is 5.15 Å². The highest BCUT2D eigenvalue weighted by atomic mass is 35.5. The molecular weight excluding hydrogens is 300 g/mol. The number of aromatic nitrogens is 1. The molecule has 1 aliphatic rings. The topological polar surface area (TPSA) is 59.5 Å². The smallest absolute Gasteiger partial charge is 0.244 e. The van der Waals surface area contributed by atoms with Gasteiger partial charge in [-0.1, -0.05) is 11.6 Å². The van der Waals surface area contributed by atoms with E-state index in [1.165, 1.54) is 22.6 Å². The van der Waals surface area contributed by atoms with Gasteiger partial charge in [-0.15, -0.1) is 0 Å². The predicted octanol–water partition coefficient (Wildman–Crippen LogP) is 2.17. The summed E-state index contributed by atoms with van der Waals surface area (Å²) < 4.78 is 32.0. The van der Waals surface area contributed by atoms with Crippen molar-refractivity contribution in [2.75, 3.05) is 20.3 Å². The fraction of sp³-hybridized carbons (Fsp3) is 0.615. The third-order valence-corrected chi connectivity index (χ3v) is 5.77. The number of hydrogen-bond acceptors (Lipinski definition) is 4. The van der Waals surface area contributed by atoms with Crippen LogP contribution >= 0.6 is 11.6 Å². The molecule has 1 aliphatic carbocycles. The van der Waals surface area contributed by atoms with Gasteiger partial charge in [-0.2, -0.15) is 4.31 Å².